The van der Waals surface area contributed by atoms with Gasteiger partial charge < -0.3 is 0 Å². The van der Waals surface area contributed by atoms with Gasteiger partial charge in [-0.05, 0) is 12.1 Å². The molecular weight excluding hydrogens is 283 g/mol. The van der Waals surface area contributed by atoms with Gasteiger partial charge in [-0.25, -0.2) is 13.8 Å². The van der Waals surface area contributed by atoms with Crippen molar-refractivity contribution in [2.24, 2.45) is 0 Å². The Morgan fingerprint density at radius 1 is 1.00 bits per heavy atom. The number of hydrogen-bond acceptors (Lipinski definition) is 1. The monoisotopic (exact) mass is 287 g/mol. The average Bonchev–Trinajstić information content (AvgIpc) is 2.23. The second kappa shape index (κ2) is 4.25. The van der Waals surface area contributed by atoms with Crippen molar-refractivity contribution in [3.8, 4) is 11.3 Å². The van der Waals surface area contributed by atoms with Crippen LogP contribution in [-0.4, -0.2) is 4.98 Å². The van der Waals surface area contributed by atoms with Gasteiger partial charge in [0, 0.05) is 16.1 Å². The summed E-state index contributed by atoms with van der Waals surface area (Å²) in [6.45, 7) is 0. The van der Waals surface area contributed by atoms with Gasteiger partial charge in [-0.3, -0.25) is 0 Å². The van der Waals surface area contributed by atoms with Crippen LogP contribution in [0.1, 0.15) is 0 Å². The van der Waals surface area contributed by atoms with Crippen molar-refractivity contribution in [1.82, 2.24) is 4.98 Å². The molecule has 2 aromatic rings. The Balaban J connectivity index is 2.60. The Bertz CT molecular complexity index is 543. The first-order chi connectivity index (χ1) is 7.58. The fourth-order valence-electron chi connectivity index (χ4n) is 1.28. The number of halogens is 4. The highest BCUT2D eigenvalue weighted by Gasteiger charge is 2.13. The largest absolute Gasteiger partial charge is 0.249 e. The lowest BCUT2D eigenvalue weighted by molar-refractivity contribution is 0.466. The molecule has 0 aliphatic heterocycles. The van der Waals surface area contributed by atoms with Crippen molar-refractivity contribution in [2.45, 2.75) is 0 Å². The third-order valence-electron chi connectivity index (χ3n) is 1.98. The fraction of sp³-hybridized carbons (Fsp3) is 0. The standard InChI is InChI=1S/C11H5BrF3N/c12-7-3-1-2-6(4-7)10-8(13)5-9(14)11(15)16-10/h1-5H. The lowest BCUT2D eigenvalue weighted by Gasteiger charge is -2.03. The molecule has 0 aliphatic carbocycles. The summed E-state index contributed by atoms with van der Waals surface area (Å²) in [4.78, 5) is 3.25. The summed E-state index contributed by atoms with van der Waals surface area (Å²) in [6.07, 6.45) is 0. The normalized spacial score (nSPS) is 10.5. The molecule has 1 heterocycles. The molecule has 2 rings (SSSR count). The van der Waals surface area contributed by atoms with Gasteiger partial charge in [0.05, 0.1) is 0 Å². The molecule has 1 nitrogen and oxygen atoms in total. The summed E-state index contributed by atoms with van der Waals surface area (Å²) >= 11 is 3.20. The summed E-state index contributed by atoms with van der Waals surface area (Å²) in [6, 6.07) is 7.01. The highest BCUT2D eigenvalue weighted by Crippen LogP contribution is 2.24. The molecule has 82 valence electrons. The van der Waals surface area contributed by atoms with Crippen LogP contribution in [0.4, 0.5) is 13.2 Å². The third-order valence-corrected chi connectivity index (χ3v) is 2.48. The third kappa shape index (κ3) is 2.09. The van der Waals surface area contributed by atoms with Crippen LogP contribution < -0.4 is 0 Å². The number of nitrogens with zero attached hydrogens (tertiary/aromatic N) is 1. The molecule has 0 aliphatic rings. The highest BCUT2D eigenvalue weighted by molar-refractivity contribution is 9.10. The molecular formula is C11H5BrF3N. The van der Waals surface area contributed by atoms with Crippen LogP contribution in [0.3, 0.4) is 0 Å². The van der Waals surface area contributed by atoms with Crippen LogP contribution in [0.5, 0.6) is 0 Å². The summed E-state index contributed by atoms with van der Waals surface area (Å²) in [7, 11) is 0. The first kappa shape index (κ1) is 11.1. The summed E-state index contributed by atoms with van der Waals surface area (Å²) in [5.74, 6) is -3.50. The molecule has 0 atom stereocenters. The Labute approximate surface area is 98.1 Å². The van der Waals surface area contributed by atoms with E-state index in [4.69, 9.17) is 0 Å². The van der Waals surface area contributed by atoms with E-state index < -0.39 is 17.6 Å². The molecule has 0 fully saturated rings. The predicted octanol–water partition coefficient (Wildman–Crippen LogP) is 3.93. The number of pyridine rings is 1. The Kier molecular flexibility index (Phi) is 2.96. The van der Waals surface area contributed by atoms with Crippen molar-refractivity contribution in [2.75, 3.05) is 0 Å². The maximum absolute atomic E-state index is 13.4. The summed E-state index contributed by atoms with van der Waals surface area (Å²) < 4.78 is 39.6. The van der Waals surface area contributed by atoms with Crippen LogP contribution >= 0.6 is 15.9 Å². The zero-order chi connectivity index (χ0) is 11.7. The quantitative estimate of drug-likeness (QED) is 0.724. The van der Waals surface area contributed by atoms with E-state index in [1.807, 2.05) is 0 Å². The van der Waals surface area contributed by atoms with Crippen LogP contribution in [0, 0.1) is 17.6 Å². The Morgan fingerprint density at radius 2 is 1.75 bits per heavy atom. The van der Waals surface area contributed by atoms with Gasteiger partial charge in [0.2, 0.25) is 5.95 Å². The first-order valence-electron chi connectivity index (χ1n) is 4.35. The van der Waals surface area contributed by atoms with Crippen LogP contribution in [-0.2, 0) is 0 Å². The SMILES string of the molecule is Fc1cc(F)c(-c2cccc(Br)c2)nc1F. The van der Waals surface area contributed by atoms with Crippen molar-refractivity contribution >= 4 is 15.9 Å². The van der Waals surface area contributed by atoms with E-state index in [2.05, 4.69) is 20.9 Å². The highest BCUT2D eigenvalue weighted by atomic mass is 79.9. The molecule has 16 heavy (non-hydrogen) atoms. The van der Waals surface area contributed by atoms with E-state index in [0.29, 0.717) is 16.1 Å². The summed E-state index contributed by atoms with van der Waals surface area (Å²) in [5, 5.41) is 0. The second-order valence-electron chi connectivity index (χ2n) is 3.10. The Hall–Kier alpha value is -1.36. The number of aromatic nitrogens is 1. The van der Waals surface area contributed by atoms with E-state index in [0.717, 1.165) is 0 Å². The molecule has 0 amide bonds. The topological polar surface area (TPSA) is 12.9 Å². The Morgan fingerprint density at radius 3 is 2.44 bits per heavy atom. The van der Waals surface area contributed by atoms with Gasteiger partial charge in [0.25, 0.3) is 0 Å². The molecule has 0 spiro atoms. The molecule has 1 aromatic heterocycles. The minimum absolute atomic E-state index is 0.208. The lowest BCUT2D eigenvalue weighted by atomic mass is 10.1. The smallest absolute Gasteiger partial charge is 0.214 e. The van der Waals surface area contributed by atoms with Gasteiger partial charge in [-0.1, -0.05) is 28.1 Å². The van der Waals surface area contributed by atoms with E-state index >= 15 is 0 Å². The molecule has 5 heteroatoms. The second-order valence-corrected chi connectivity index (χ2v) is 4.02. The molecule has 0 saturated heterocycles. The van der Waals surface area contributed by atoms with E-state index in [1.54, 1.807) is 24.3 Å². The fourth-order valence-corrected chi connectivity index (χ4v) is 1.68. The minimum atomic E-state index is -1.31. The van der Waals surface area contributed by atoms with Gasteiger partial charge in [0.1, 0.15) is 5.69 Å². The maximum atomic E-state index is 13.4. The molecule has 0 unspecified atom stereocenters. The van der Waals surface area contributed by atoms with Gasteiger partial charge in [-0.2, -0.15) is 4.39 Å². The van der Waals surface area contributed by atoms with Crippen molar-refractivity contribution < 1.29 is 13.2 Å². The van der Waals surface area contributed by atoms with Crippen LogP contribution in [0.2, 0.25) is 0 Å². The molecule has 0 saturated carbocycles. The molecule has 0 N–H and O–H groups in total. The first-order valence-corrected chi connectivity index (χ1v) is 5.14. The van der Waals surface area contributed by atoms with Crippen LogP contribution in [0.15, 0.2) is 34.8 Å². The predicted molar refractivity (Wildman–Crippen MR) is 57.2 cm³/mol. The summed E-state index contributed by atoms with van der Waals surface area (Å²) in [5.41, 5.74) is 0.172. The zero-order valence-electron chi connectivity index (χ0n) is 7.85. The van der Waals surface area contributed by atoms with E-state index in [1.165, 1.54) is 0 Å². The van der Waals surface area contributed by atoms with Gasteiger partial charge in [-0.15, -0.1) is 0 Å². The maximum Gasteiger partial charge on any atom is 0.249 e. The minimum Gasteiger partial charge on any atom is -0.214 e. The van der Waals surface area contributed by atoms with Gasteiger partial charge in [0.15, 0.2) is 11.6 Å². The molecule has 0 bridgehead atoms. The number of benzene rings is 1. The van der Waals surface area contributed by atoms with E-state index in [9.17, 15) is 13.2 Å². The molecule has 0 radical (unpaired) electrons. The lowest BCUT2D eigenvalue weighted by Crippen LogP contribution is -1.96. The van der Waals surface area contributed by atoms with Crippen molar-refractivity contribution in [3.05, 3.63) is 52.4 Å². The van der Waals surface area contributed by atoms with E-state index in [-0.39, 0.29) is 5.69 Å². The average molecular weight is 288 g/mol. The zero-order valence-corrected chi connectivity index (χ0v) is 9.43. The molecule has 1 aromatic carbocycles. The number of rotatable bonds is 1. The van der Waals surface area contributed by atoms with Crippen molar-refractivity contribution in [1.29, 1.82) is 0 Å². The number of hydrogen-bond donors (Lipinski definition) is 0. The van der Waals surface area contributed by atoms with Gasteiger partial charge >= 0.3 is 0 Å². The van der Waals surface area contributed by atoms with Crippen LogP contribution in [0.25, 0.3) is 11.3 Å². The van der Waals surface area contributed by atoms with Crippen molar-refractivity contribution in [3.63, 3.8) is 0 Å².